The quantitative estimate of drug-likeness (QED) is 0.688. The Hall–Kier alpha value is -1.06. The van der Waals surface area contributed by atoms with Crippen LogP contribution in [-0.2, 0) is 9.59 Å². The minimum absolute atomic E-state index is 0.0745. The fraction of sp³-hybridized carbons (Fsp3) is 0.846. The Morgan fingerprint density at radius 1 is 1.29 bits per heavy atom. The van der Waals surface area contributed by atoms with Gasteiger partial charge in [0.1, 0.15) is 0 Å². The van der Waals surface area contributed by atoms with Gasteiger partial charge in [-0.05, 0) is 25.2 Å². The Bertz CT molecular complexity index is 261. The zero-order valence-corrected chi connectivity index (χ0v) is 11.4. The third-order valence-corrected chi connectivity index (χ3v) is 3.27. The molecular weight excluding hydrogens is 218 g/mol. The molecule has 0 spiro atoms. The first-order chi connectivity index (χ1) is 7.79. The molecule has 100 valence electrons. The summed E-state index contributed by atoms with van der Waals surface area (Å²) in [5, 5.41) is 11.5. The number of carboxylic acids is 1. The van der Waals surface area contributed by atoms with Gasteiger partial charge in [0.25, 0.3) is 0 Å². The summed E-state index contributed by atoms with van der Waals surface area (Å²) >= 11 is 0. The first-order valence-electron chi connectivity index (χ1n) is 6.29. The van der Waals surface area contributed by atoms with E-state index in [9.17, 15) is 9.59 Å². The summed E-state index contributed by atoms with van der Waals surface area (Å²) in [6.07, 6.45) is 2.52. The first kappa shape index (κ1) is 15.9. The maximum Gasteiger partial charge on any atom is 0.303 e. The van der Waals surface area contributed by atoms with Crippen molar-refractivity contribution in [3.05, 3.63) is 0 Å². The van der Waals surface area contributed by atoms with Crippen LogP contribution in [0.15, 0.2) is 0 Å². The molecule has 0 aromatic heterocycles. The van der Waals surface area contributed by atoms with Crippen molar-refractivity contribution >= 4 is 11.9 Å². The fourth-order valence-electron chi connectivity index (χ4n) is 1.35. The van der Waals surface area contributed by atoms with Crippen LogP contribution >= 0.6 is 0 Å². The van der Waals surface area contributed by atoms with Gasteiger partial charge in [-0.2, -0.15) is 0 Å². The molecule has 2 N–H and O–H groups in total. The molecule has 0 heterocycles. The lowest BCUT2D eigenvalue weighted by atomic mass is 9.89. The average Bonchev–Trinajstić information content (AvgIpc) is 2.26. The minimum Gasteiger partial charge on any atom is -0.481 e. The Kier molecular flexibility index (Phi) is 6.85. The van der Waals surface area contributed by atoms with E-state index in [0.717, 1.165) is 12.8 Å². The van der Waals surface area contributed by atoms with Crippen LogP contribution in [0.1, 0.15) is 53.4 Å². The lowest BCUT2D eigenvalue weighted by Crippen LogP contribution is -2.37. The Morgan fingerprint density at radius 3 is 2.35 bits per heavy atom. The molecule has 4 heteroatoms. The van der Waals surface area contributed by atoms with Gasteiger partial charge in [-0.1, -0.05) is 27.7 Å². The number of hydrogen-bond acceptors (Lipinski definition) is 2. The van der Waals surface area contributed by atoms with Crippen LogP contribution in [0.4, 0.5) is 0 Å². The maximum atomic E-state index is 11.7. The Morgan fingerprint density at radius 2 is 1.88 bits per heavy atom. The van der Waals surface area contributed by atoms with Gasteiger partial charge in [-0.25, -0.2) is 0 Å². The van der Waals surface area contributed by atoms with E-state index in [1.165, 1.54) is 0 Å². The molecule has 0 saturated carbocycles. The van der Waals surface area contributed by atoms with E-state index in [2.05, 4.69) is 5.32 Å². The smallest absolute Gasteiger partial charge is 0.303 e. The third-order valence-electron chi connectivity index (χ3n) is 3.27. The summed E-state index contributed by atoms with van der Waals surface area (Å²) < 4.78 is 0. The van der Waals surface area contributed by atoms with Gasteiger partial charge in [0.2, 0.25) is 5.91 Å². The zero-order chi connectivity index (χ0) is 13.5. The number of carbonyl (C=O) groups excluding carboxylic acids is 1. The average molecular weight is 243 g/mol. The molecule has 0 aromatic rings. The Balaban J connectivity index is 3.77. The largest absolute Gasteiger partial charge is 0.481 e. The van der Waals surface area contributed by atoms with Gasteiger partial charge in [0.15, 0.2) is 0 Å². The van der Waals surface area contributed by atoms with Crippen LogP contribution < -0.4 is 5.32 Å². The second-order valence-electron chi connectivity index (χ2n) is 5.32. The summed E-state index contributed by atoms with van der Waals surface area (Å²) in [6.45, 7) is 8.49. The number of amides is 1. The number of aliphatic carboxylic acids is 1. The van der Waals surface area contributed by atoms with Crippen molar-refractivity contribution in [2.45, 2.75) is 53.4 Å². The third kappa shape index (κ3) is 6.97. The highest BCUT2D eigenvalue weighted by atomic mass is 16.4. The molecule has 4 nitrogen and oxygen atoms in total. The molecule has 0 aliphatic rings. The van der Waals surface area contributed by atoms with E-state index in [0.29, 0.717) is 18.9 Å². The molecule has 17 heavy (non-hydrogen) atoms. The predicted octanol–water partition coefficient (Wildman–Crippen LogP) is 2.43. The van der Waals surface area contributed by atoms with E-state index in [1.54, 1.807) is 0 Å². The van der Waals surface area contributed by atoms with Gasteiger partial charge in [-0.3, -0.25) is 9.59 Å². The van der Waals surface area contributed by atoms with Crippen LogP contribution in [0.5, 0.6) is 0 Å². The molecule has 0 radical (unpaired) electrons. The van der Waals surface area contributed by atoms with Crippen molar-refractivity contribution < 1.29 is 14.7 Å². The first-order valence-corrected chi connectivity index (χ1v) is 6.29. The Labute approximate surface area is 104 Å². The summed E-state index contributed by atoms with van der Waals surface area (Å²) in [6, 6.07) is 0. The molecule has 0 aliphatic heterocycles. The monoisotopic (exact) mass is 243 g/mol. The molecule has 0 rings (SSSR count). The lowest BCUT2D eigenvalue weighted by Gasteiger charge is -2.22. The molecule has 0 bridgehead atoms. The molecular formula is C13H25NO3. The maximum absolute atomic E-state index is 11.7. The summed E-state index contributed by atoms with van der Waals surface area (Å²) in [4.78, 5) is 22.1. The van der Waals surface area contributed by atoms with E-state index in [4.69, 9.17) is 5.11 Å². The standard InChI is InChI=1S/C13H25NO3/c1-5-13(3,4)12(17)14-9-8-10(2)6-7-11(15)16/h10H,5-9H2,1-4H3,(H,14,17)(H,15,16). The molecule has 0 fully saturated rings. The van der Waals surface area contributed by atoms with Crippen molar-refractivity contribution in [1.82, 2.24) is 5.32 Å². The fourth-order valence-corrected chi connectivity index (χ4v) is 1.35. The van der Waals surface area contributed by atoms with Crippen molar-refractivity contribution in [2.24, 2.45) is 11.3 Å². The lowest BCUT2D eigenvalue weighted by molar-refractivity contribution is -0.137. The highest BCUT2D eigenvalue weighted by molar-refractivity contribution is 5.81. The van der Waals surface area contributed by atoms with Gasteiger partial charge >= 0.3 is 5.97 Å². The van der Waals surface area contributed by atoms with Crippen molar-refractivity contribution in [3.63, 3.8) is 0 Å². The van der Waals surface area contributed by atoms with E-state index in [-0.39, 0.29) is 17.7 Å². The number of carbonyl (C=O) groups is 2. The molecule has 1 unspecified atom stereocenters. The van der Waals surface area contributed by atoms with Gasteiger partial charge < -0.3 is 10.4 Å². The van der Waals surface area contributed by atoms with Crippen LogP contribution in [0, 0.1) is 11.3 Å². The van der Waals surface area contributed by atoms with Crippen molar-refractivity contribution in [2.75, 3.05) is 6.54 Å². The highest BCUT2D eigenvalue weighted by Crippen LogP contribution is 2.19. The minimum atomic E-state index is -0.756. The predicted molar refractivity (Wildman–Crippen MR) is 67.7 cm³/mol. The van der Waals surface area contributed by atoms with Crippen LogP contribution in [0.25, 0.3) is 0 Å². The van der Waals surface area contributed by atoms with Gasteiger partial charge in [0, 0.05) is 18.4 Å². The number of nitrogens with one attached hydrogen (secondary N) is 1. The molecule has 0 saturated heterocycles. The second kappa shape index (κ2) is 7.30. The molecule has 1 amide bonds. The molecule has 0 aliphatic carbocycles. The van der Waals surface area contributed by atoms with Crippen molar-refractivity contribution in [3.8, 4) is 0 Å². The van der Waals surface area contributed by atoms with Crippen LogP contribution in [0.2, 0.25) is 0 Å². The van der Waals surface area contributed by atoms with Crippen molar-refractivity contribution in [1.29, 1.82) is 0 Å². The summed E-state index contributed by atoms with van der Waals surface area (Å²) in [5.41, 5.74) is -0.315. The van der Waals surface area contributed by atoms with E-state index < -0.39 is 5.97 Å². The summed E-state index contributed by atoms with van der Waals surface area (Å²) in [5.74, 6) is -0.352. The number of hydrogen-bond donors (Lipinski definition) is 2. The summed E-state index contributed by atoms with van der Waals surface area (Å²) in [7, 11) is 0. The highest BCUT2D eigenvalue weighted by Gasteiger charge is 2.24. The number of carboxylic acid groups (broad SMARTS) is 1. The van der Waals surface area contributed by atoms with Gasteiger partial charge in [0.05, 0.1) is 0 Å². The SMILES string of the molecule is CCC(C)(C)C(=O)NCCC(C)CCC(=O)O. The van der Waals surface area contributed by atoms with Gasteiger partial charge in [-0.15, -0.1) is 0 Å². The zero-order valence-electron chi connectivity index (χ0n) is 11.4. The second-order valence-corrected chi connectivity index (χ2v) is 5.32. The van der Waals surface area contributed by atoms with Crippen LogP contribution in [0.3, 0.4) is 0 Å². The molecule has 1 atom stereocenters. The van der Waals surface area contributed by atoms with E-state index in [1.807, 2.05) is 27.7 Å². The normalized spacial score (nSPS) is 13.2. The van der Waals surface area contributed by atoms with Crippen LogP contribution in [-0.4, -0.2) is 23.5 Å². The number of rotatable bonds is 8. The topological polar surface area (TPSA) is 66.4 Å². The molecule has 0 aromatic carbocycles. The van der Waals surface area contributed by atoms with E-state index >= 15 is 0 Å².